The van der Waals surface area contributed by atoms with Gasteiger partial charge in [-0.1, -0.05) is 29.8 Å². The largest absolute Gasteiger partial charge is 0.481 e. The van der Waals surface area contributed by atoms with Crippen LogP contribution >= 0.6 is 11.6 Å². The van der Waals surface area contributed by atoms with Crippen molar-refractivity contribution in [3.8, 4) is 0 Å². The first-order chi connectivity index (χ1) is 9.97. The number of carbonyl (C=O) groups is 2. The minimum Gasteiger partial charge on any atom is -0.481 e. The Hall–Kier alpha value is -2.01. The minimum atomic E-state index is -0.926. The molecule has 2 rings (SSSR count). The minimum absolute atomic E-state index is 0.0822. The van der Waals surface area contributed by atoms with Gasteiger partial charge in [-0.2, -0.15) is 0 Å². The van der Waals surface area contributed by atoms with Gasteiger partial charge in [-0.15, -0.1) is 0 Å². The molecule has 0 spiro atoms. The third-order valence-electron chi connectivity index (χ3n) is 3.51. The maximum atomic E-state index is 12.6. The zero-order chi connectivity index (χ0) is 15.6. The molecule has 21 heavy (non-hydrogen) atoms. The van der Waals surface area contributed by atoms with E-state index in [9.17, 15) is 9.59 Å². The fourth-order valence-corrected chi connectivity index (χ4v) is 2.74. The lowest BCUT2D eigenvalue weighted by molar-refractivity contribution is -0.137. The number of rotatable bonds is 5. The Balaban J connectivity index is 2.40. The number of carbonyl (C=O) groups excluding carboxylic acids is 1. The Bertz CT molecular complexity index is 655. The third kappa shape index (κ3) is 2.88. The molecule has 0 bridgehead atoms. The topological polar surface area (TPSA) is 62.5 Å². The normalized spacial score (nSPS) is 10.8. The molecule has 0 unspecified atom stereocenters. The molecule has 1 amide bonds. The molecule has 1 aromatic heterocycles. The van der Waals surface area contributed by atoms with Crippen LogP contribution < -0.4 is 0 Å². The SMILES string of the molecule is CCN(CCC(=O)O)C(=O)c1c(Cl)c2ccccc2n1C. The van der Waals surface area contributed by atoms with E-state index in [2.05, 4.69) is 0 Å². The highest BCUT2D eigenvalue weighted by Crippen LogP contribution is 2.30. The summed E-state index contributed by atoms with van der Waals surface area (Å²) in [5.41, 5.74) is 1.27. The number of aryl methyl sites for hydroxylation is 1. The zero-order valence-corrected chi connectivity index (χ0v) is 12.7. The zero-order valence-electron chi connectivity index (χ0n) is 12.0. The number of amides is 1. The molecule has 2 aromatic rings. The lowest BCUT2D eigenvalue weighted by atomic mass is 10.2. The van der Waals surface area contributed by atoms with E-state index in [4.69, 9.17) is 16.7 Å². The first-order valence-corrected chi connectivity index (χ1v) is 7.09. The molecule has 1 N–H and O–H groups in total. The molecule has 0 saturated heterocycles. The Labute approximate surface area is 127 Å². The van der Waals surface area contributed by atoms with E-state index in [0.717, 1.165) is 10.9 Å². The Kier molecular flexibility index (Phi) is 4.53. The van der Waals surface area contributed by atoms with Crippen LogP contribution in [0.3, 0.4) is 0 Å². The van der Waals surface area contributed by atoms with Crippen LogP contribution in [0.15, 0.2) is 24.3 Å². The first kappa shape index (κ1) is 15.4. The Morgan fingerprint density at radius 1 is 1.33 bits per heavy atom. The standard InChI is InChI=1S/C15H17ClN2O3/c1-3-18(9-8-12(19)20)15(21)14-13(16)10-6-4-5-7-11(10)17(14)2/h4-7H,3,8-9H2,1-2H3,(H,19,20). The van der Waals surface area contributed by atoms with Crippen molar-refractivity contribution in [3.63, 3.8) is 0 Å². The van der Waals surface area contributed by atoms with Crippen LogP contribution in [0.1, 0.15) is 23.8 Å². The molecular weight excluding hydrogens is 292 g/mol. The van der Waals surface area contributed by atoms with Crippen molar-refractivity contribution in [2.75, 3.05) is 13.1 Å². The van der Waals surface area contributed by atoms with Gasteiger partial charge in [0.05, 0.1) is 11.4 Å². The van der Waals surface area contributed by atoms with Gasteiger partial charge in [0.1, 0.15) is 5.69 Å². The van der Waals surface area contributed by atoms with Gasteiger partial charge in [0.2, 0.25) is 0 Å². The number of benzene rings is 1. The smallest absolute Gasteiger partial charge is 0.305 e. The summed E-state index contributed by atoms with van der Waals surface area (Å²) >= 11 is 6.34. The maximum absolute atomic E-state index is 12.6. The number of aliphatic carboxylic acids is 1. The molecule has 0 aliphatic carbocycles. The third-order valence-corrected chi connectivity index (χ3v) is 3.89. The summed E-state index contributed by atoms with van der Waals surface area (Å²) < 4.78 is 1.75. The van der Waals surface area contributed by atoms with Crippen molar-refractivity contribution in [3.05, 3.63) is 35.0 Å². The summed E-state index contributed by atoms with van der Waals surface area (Å²) in [5.74, 6) is -1.17. The van der Waals surface area contributed by atoms with Gasteiger partial charge in [0.25, 0.3) is 5.91 Å². The van der Waals surface area contributed by atoms with Crippen molar-refractivity contribution in [1.29, 1.82) is 0 Å². The van der Waals surface area contributed by atoms with Gasteiger partial charge in [0, 0.05) is 31.0 Å². The van der Waals surface area contributed by atoms with Crippen molar-refractivity contribution in [2.24, 2.45) is 7.05 Å². The van der Waals surface area contributed by atoms with E-state index >= 15 is 0 Å². The fraction of sp³-hybridized carbons (Fsp3) is 0.333. The average Bonchev–Trinajstić information content (AvgIpc) is 2.71. The molecule has 0 atom stereocenters. The molecule has 1 heterocycles. The number of hydrogen-bond acceptors (Lipinski definition) is 2. The second kappa shape index (κ2) is 6.18. The number of nitrogens with zero attached hydrogens (tertiary/aromatic N) is 2. The predicted octanol–water partition coefficient (Wildman–Crippen LogP) is 2.77. The lowest BCUT2D eigenvalue weighted by Crippen LogP contribution is -2.34. The average molecular weight is 309 g/mol. The molecule has 0 radical (unpaired) electrons. The van der Waals surface area contributed by atoms with Gasteiger partial charge < -0.3 is 14.6 Å². The van der Waals surface area contributed by atoms with E-state index in [-0.39, 0.29) is 18.9 Å². The summed E-state index contributed by atoms with van der Waals surface area (Å²) in [5, 5.41) is 9.99. The summed E-state index contributed by atoms with van der Waals surface area (Å²) in [4.78, 5) is 24.8. The molecule has 5 nitrogen and oxygen atoms in total. The van der Waals surface area contributed by atoms with Gasteiger partial charge in [-0.25, -0.2) is 0 Å². The molecule has 112 valence electrons. The van der Waals surface area contributed by atoms with Crippen LogP contribution in [0, 0.1) is 0 Å². The van der Waals surface area contributed by atoms with Crippen LogP contribution in [0.4, 0.5) is 0 Å². The van der Waals surface area contributed by atoms with Crippen LogP contribution in [0.2, 0.25) is 5.02 Å². The number of aromatic nitrogens is 1. The number of halogens is 1. The summed E-state index contributed by atoms with van der Waals surface area (Å²) in [6, 6.07) is 7.51. The van der Waals surface area contributed by atoms with Crippen molar-refractivity contribution in [2.45, 2.75) is 13.3 Å². The Morgan fingerprint density at radius 3 is 2.57 bits per heavy atom. The summed E-state index contributed by atoms with van der Waals surface area (Å²) in [6.45, 7) is 2.42. The quantitative estimate of drug-likeness (QED) is 0.924. The maximum Gasteiger partial charge on any atom is 0.305 e. The monoisotopic (exact) mass is 308 g/mol. The number of hydrogen-bond donors (Lipinski definition) is 1. The van der Waals surface area contributed by atoms with E-state index in [0.29, 0.717) is 17.3 Å². The predicted molar refractivity (Wildman–Crippen MR) is 81.8 cm³/mol. The first-order valence-electron chi connectivity index (χ1n) is 6.71. The second-order valence-electron chi connectivity index (χ2n) is 4.77. The number of fused-ring (bicyclic) bond motifs is 1. The highest BCUT2D eigenvalue weighted by molar-refractivity contribution is 6.38. The lowest BCUT2D eigenvalue weighted by Gasteiger charge is -2.20. The second-order valence-corrected chi connectivity index (χ2v) is 5.15. The highest BCUT2D eigenvalue weighted by Gasteiger charge is 2.23. The van der Waals surface area contributed by atoms with Crippen LogP contribution in [0.5, 0.6) is 0 Å². The molecule has 0 aliphatic heterocycles. The van der Waals surface area contributed by atoms with E-state index < -0.39 is 5.97 Å². The van der Waals surface area contributed by atoms with Crippen molar-refractivity contribution >= 4 is 34.4 Å². The van der Waals surface area contributed by atoms with Gasteiger partial charge >= 0.3 is 5.97 Å². The van der Waals surface area contributed by atoms with E-state index in [1.807, 2.05) is 31.2 Å². The molecule has 0 aliphatic rings. The fourth-order valence-electron chi connectivity index (χ4n) is 2.37. The van der Waals surface area contributed by atoms with Crippen LogP contribution in [-0.4, -0.2) is 39.5 Å². The van der Waals surface area contributed by atoms with Gasteiger partial charge in [-0.05, 0) is 13.0 Å². The van der Waals surface area contributed by atoms with E-state index in [1.54, 1.807) is 11.6 Å². The number of carboxylic acids is 1. The number of para-hydroxylation sites is 1. The molecule has 0 fully saturated rings. The molecule has 6 heteroatoms. The van der Waals surface area contributed by atoms with Crippen LogP contribution in [0.25, 0.3) is 10.9 Å². The molecule has 0 saturated carbocycles. The Morgan fingerprint density at radius 2 is 2.00 bits per heavy atom. The summed E-state index contributed by atoms with van der Waals surface area (Å²) in [7, 11) is 1.78. The van der Waals surface area contributed by atoms with Gasteiger partial charge in [-0.3, -0.25) is 9.59 Å². The van der Waals surface area contributed by atoms with Gasteiger partial charge in [0.15, 0.2) is 0 Å². The summed E-state index contributed by atoms with van der Waals surface area (Å²) in [6.07, 6.45) is -0.0822. The number of carboxylic acid groups (broad SMARTS) is 1. The molecule has 1 aromatic carbocycles. The highest BCUT2D eigenvalue weighted by atomic mass is 35.5. The van der Waals surface area contributed by atoms with E-state index in [1.165, 1.54) is 4.90 Å². The molecular formula is C15H17ClN2O3. The van der Waals surface area contributed by atoms with Crippen molar-refractivity contribution in [1.82, 2.24) is 9.47 Å². The van der Waals surface area contributed by atoms with Crippen LogP contribution in [-0.2, 0) is 11.8 Å². The van der Waals surface area contributed by atoms with Crippen molar-refractivity contribution < 1.29 is 14.7 Å².